The Kier molecular flexibility index (Phi) is 11.7. The topological polar surface area (TPSA) is 142 Å². The molecule has 0 aromatic rings. The van der Waals surface area contributed by atoms with Crippen molar-refractivity contribution in [3.05, 3.63) is 0 Å². The Morgan fingerprint density at radius 2 is 0.933 bits per heavy atom. The summed E-state index contributed by atoms with van der Waals surface area (Å²) in [6.45, 7) is 0.479. The molecule has 7 nitrogen and oxygen atoms in total. The van der Waals surface area contributed by atoms with Gasteiger partial charge in [0.1, 0.15) is 24.4 Å². The summed E-state index contributed by atoms with van der Waals surface area (Å²) < 4.78 is 0. The zero-order chi connectivity index (χ0) is 12.4. The molecule has 0 heterocycles. The van der Waals surface area contributed by atoms with E-state index in [1.54, 1.807) is 6.92 Å². The molecule has 7 heteroatoms. The molecule has 0 aliphatic heterocycles. The van der Waals surface area contributed by atoms with Gasteiger partial charge in [-0.2, -0.15) is 0 Å². The molecule has 0 aromatic heterocycles. The summed E-state index contributed by atoms with van der Waals surface area (Å²) in [6.07, 6.45) is -6.39. The smallest absolute Gasteiger partial charge is 0.111 e. The van der Waals surface area contributed by atoms with Gasteiger partial charge in [0, 0.05) is 6.61 Å². The summed E-state index contributed by atoms with van der Waals surface area (Å²) in [5.41, 5.74) is 0. The average molecular weight is 228 g/mol. The van der Waals surface area contributed by atoms with Crippen LogP contribution in [0.25, 0.3) is 0 Å². The third-order valence-electron chi connectivity index (χ3n) is 1.51. The van der Waals surface area contributed by atoms with Gasteiger partial charge < -0.3 is 35.7 Å². The number of aliphatic hydroxyl groups excluding tert-OH is 7. The molecule has 0 aromatic carbocycles. The predicted molar refractivity (Wildman–Crippen MR) is 51.0 cm³/mol. The Bertz CT molecular complexity index is 118. The lowest BCUT2D eigenvalue weighted by molar-refractivity contribution is -0.123. The van der Waals surface area contributed by atoms with Crippen LogP contribution in [0, 0.1) is 0 Å². The molecule has 0 aliphatic rings. The highest BCUT2D eigenvalue weighted by molar-refractivity contribution is 4.79. The van der Waals surface area contributed by atoms with Crippen molar-refractivity contribution in [2.24, 2.45) is 0 Å². The van der Waals surface area contributed by atoms with E-state index in [1.807, 2.05) is 0 Å². The van der Waals surface area contributed by atoms with Crippen molar-refractivity contribution < 1.29 is 35.7 Å². The van der Waals surface area contributed by atoms with E-state index in [9.17, 15) is 0 Å². The quantitative estimate of drug-likeness (QED) is 0.258. The van der Waals surface area contributed by atoms with E-state index < -0.39 is 37.6 Å². The average Bonchev–Trinajstić information content (AvgIpc) is 2.25. The van der Waals surface area contributed by atoms with Crippen LogP contribution in [0.5, 0.6) is 0 Å². The van der Waals surface area contributed by atoms with Crippen molar-refractivity contribution in [3.8, 4) is 0 Å². The molecule has 0 bridgehead atoms. The van der Waals surface area contributed by atoms with E-state index in [1.165, 1.54) is 0 Å². The molecule has 0 rings (SSSR count). The van der Waals surface area contributed by atoms with Crippen LogP contribution in [-0.2, 0) is 0 Å². The highest BCUT2D eigenvalue weighted by atomic mass is 16.4. The zero-order valence-corrected chi connectivity index (χ0v) is 8.56. The summed E-state index contributed by atoms with van der Waals surface area (Å²) >= 11 is 0. The molecule has 0 saturated carbocycles. The minimum absolute atomic E-state index is 0.250. The van der Waals surface area contributed by atoms with E-state index >= 15 is 0 Å². The van der Waals surface area contributed by atoms with Crippen LogP contribution < -0.4 is 0 Å². The third kappa shape index (κ3) is 7.63. The lowest BCUT2D eigenvalue weighted by Gasteiger charge is -2.24. The molecule has 0 radical (unpaired) electrons. The summed E-state index contributed by atoms with van der Waals surface area (Å²) in [5.74, 6) is 0. The summed E-state index contributed by atoms with van der Waals surface area (Å²) in [7, 11) is 0. The predicted octanol–water partition coefficient (Wildman–Crippen LogP) is -3.59. The van der Waals surface area contributed by atoms with Crippen LogP contribution in [0.15, 0.2) is 0 Å². The van der Waals surface area contributed by atoms with Crippen LogP contribution in [0.3, 0.4) is 0 Å². The van der Waals surface area contributed by atoms with Crippen molar-refractivity contribution in [2.45, 2.75) is 31.3 Å². The Morgan fingerprint density at radius 1 is 0.733 bits per heavy atom. The van der Waals surface area contributed by atoms with Gasteiger partial charge in [0.25, 0.3) is 0 Å². The monoisotopic (exact) mass is 228 g/mol. The Balaban J connectivity index is 0. The van der Waals surface area contributed by atoms with Gasteiger partial charge in [0.15, 0.2) is 0 Å². The maximum Gasteiger partial charge on any atom is 0.111 e. The van der Waals surface area contributed by atoms with Crippen molar-refractivity contribution in [1.29, 1.82) is 0 Å². The van der Waals surface area contributed by atoms with Crippen molar-refractivity contribution >= 4 is 0 Å². The lowest BCUT2D eigenvalue weighted by Crippen LogP contribution is -2.46. The largest absolute Gasteiger partial charge is 0.397 e. The summed E-state index contributed by atoms with van der Waals surface area (Å²) in [5, 5.41) is 59.7. The van der Waals surface area contributed by atoms with Crippen molar-refractivity contribution in [3.63, 3.8) is 0 Å². The van der Waals surface area contributed by atoms with E-state index in [2.05, 4.69) is 0 Å². The summed E-state index contributed by atoms with van der Waals surface area (Å²) in [6, 6.07) is 0. The Labute approximate surface area is 87.9 Å². The fraction of sp³-hybridized carbons (Fsp3) is 1.00. The van der Waals surface area contributed by atoms with Gasteiger partial charge in [-0.1, -0.05) is 0 Å². The first-order chi connectivity index (χ1) is 6.95. The molecule has 15 heavy (non-hydrogen) atoms. The van der Waals surface area contributed by atoms with Gasteiger partial charge in [-0.3, -0.25) is 0 Å². The Morgan fingerprint density at radius 3 is 1.07 bits per heavy atom. The third-order valence-corrected chi connectivity index (χ3v) is 1.51. The molecule has 0 fully saturated rings. The summed E-state index contributed by atoms with van der Waals surface area (Å²) in [4.78, 5) is 0. The molecule has 0 aliphatic carbocycles. The molecule has 4 unspecified atom stereocenters. The highest BCUT2D eigenvalue weighted by Crippen LogP contribution is 2.03. The van der Waals surface area contributed by atoms with Crippen molar-refractivity contribution in [2.75, 3.05) is 19.8 Å². The standard InChI is InChI=1S/C6H14O6.C2H6O/c7-1-3(9)5(11)6(12)4(10)2-8;1-2-3/h3-12H,1-2H2;3H,2H2,1H3. The first-order valence-corrected chi connectivity index (χ1v) is 4.51. The van der Waals surface area contributed by atoms with Crippen LogP contribution in [0.2, 0.25) is 0 Å². The first kappa shape index (κ1) is 17.1. The fourth-order valence-corrected chi connectivity index (χ4v) is 0.671. The van der Waals surface area contributed by atoms with Gasteiger partial charge in [0.05, 0.1) is 13.2 Å². The number of hydrogen-bond donors (Lipinski definition) is 7. The minimum atomic E-state index is -1.67. The molecule has 0 saturated heterocycles. The van der Waals surface area contributed by atoms with E-state index in [0.717, 1.165) is 0 Å². The highest BCUT2D eigenvalue weighted by Gasteiger charge is 2.29. The van der Waals surface area contributed by atoms with Gasteiger partial charge in [-0.05, 0) is 6.92 Å². The molecule has 0 amide bonds. The number of aliphatic hydroxyl groups is 7. The maximum atomic E-state index is 8.96. The van der Waals surface area contributed by atoms with E-state index in [4.69, 9.17) is 35.7 Å². The normalized spacial score (nSPS) is 18.4. The maximum absolute atomic E-state index is 8.96. The van der Waals surface area contributed by atoms with Crippen LogP contribution in [-0.4, -0.2) is 80.0 Å². The van der Waals surface area contributed by atoms with Crippen LogP contribution in [0.1, 0.15) is 6.92 Å². The number of hydrogen-bond acceptors (Lipinski definition) is 7. The fourth-order valence-electron chi connectivity index (χ4n) is 0.671. The van der Waals surface area contributed by atoms with Gasteiger partial charge in [-0.25, -0.2) is 0 Å². The van der Waals surface area contributed by atoms with E-state index in [-0.39, 0.29) is 6.61 Å². The molecule has 4 atom stereocenters. The lowest BCUT2D eigenvalue weighted by atomic mass is 10.0. The zero-order valence-electron chi connectivity index (χ0n) is 8.56. The first-order valence-electron chi connectivity index (χ1n) is 4.51. The molecule has 0 spiro atoms. The van der Waals surface area contributed by atoms with Gasteiger partial charge in [0.2, 0.25) is 0 Å². The molecule has 7 N–H and O–H groups in total. The second-order valence-electron chi connectivity index (χ2n) is 2.80. The van der Waals surface area contributed by atoms with Gasteiger partial charge in [-0.15, -0.1) is 0 Å². The molecule has 94 valence electrons. The molecular weight excluding hydrogens is 208 g/mol. The molecular formula is C8H20O7. The van der Waals surface area contributed by atoms with E-state index in [0.29, 0.717) is 0 Å². The van der Waals surface area contributed by atoms with Crippen molar-refractivity contribution in [1.82, 2.24) is 0 Å². The van der Waals surface area contributed by atoms with Crippen LogP contribution >= 0.6 is 0 Å². The SMILES string of the molecule is CCO.OCC(O)C(O)C(O)C(O)CO. The minimum Gasteiger partial charge on any atom is -0.397 e. The van der Waals surface area contributed by atoms with Crippen LogP contribution in [0.4, 0.5) is 0 Å². The second kappa shape index (κ2) is 10.2. The Hall–Kier alpha value is -0.280. The second-order valence-corrected chi connectivity index (χ2v) is 2.80. The van der Waals surface area contributed by atoms with Gasteiger partial charge >= 0.3 is 0 Å². The number of rotatable bonds is 5.